The van der Waals surface area contributed by atoms with Gasteiger partial charge in [-0.15, -0.1) is 0 Å². The smallest absolute Gasteiger partial charge is 0.335 e. The highest BCUT2D eigenvalue weighted by Crippen LogP contribution is 2.43. The zero-order chi connectivity index (χ0) is 19.8. The van der Waals surface area contributed by atoms with Crippen molar-refractivity contribution in [1.82, 2.24) is 14.3 Å². The van der Waals surface area contributed by atoms with Gasteiger partial charge in [0.25, 0.3) is 0 Å². The summed E-state index contributed by atoms with van der Waals surface area (Å²) in [5, 5.41) is 15.3. The summed E-state index contributed by atoms with van der Waals surface area (Å²) >= 11 is 11.5. The second-order valence-electron chi connectivity index (χ2n) is 6.11. The topological polar surface area (TPSA) is 60.0 Å². The summed E-state index contributed by atoms with van der Waals surface area (Å²) in [5.74, 6) is -0.942. The monoisotopic (exact) mass is 475 g/mol. The molecule has 8 heteroatoms. The normalized spacial score (nSPS) is 11.2. The van der Waals surface area contributed by atoms with Crippen LogP contribution in [0.15, 0.2) is 69.3 Å². The minimum atomic E-state index is -0.942. The van der Waals surface area contributed by atoms with E-state index in [9.17, 15) is 9.90 Å². The van der Waals surface area contributed by atoms with E-state index in [1.165, 1.54) is 11.8 Å². The lowest BCUT2D eigenvalue weighted by atomic mass is 10.2. The van der Waals surface area contributed by atoms with Crippen molar-refractivity contribution < 1.29 is 9.90 Å². The Morgan fingerprint density at radius 2 is 2.11 bits per heavy atom. The van der Waals surface area contributed by atoms with Crippen molar-refractivity contribution in [2.45, 2.75) is 23.3 Å². The van der Waals surface area contributed by atoms with E-state index in [1.54, 1.807) is 18.2 Å². The van der Waals surface area contributed by atoms with Gasteiger partial charge in [0.1, 0.15) is 4.60 Å². The third kappa shape index (κ3) is 3.45. The lowest BCUT2D eigenvalue weighted by Gasteiger charge is -2.05. The van der Waals surface area contributed by atoms with Gasteiger partial charge in [0.2, 0.25) is 0 Å². The van der Waals surface area contributed by atoms with Crippen LogP contribution >= 0.6 is 39.3 Å². The fourth-order valence-corrected chi connectivity index (χ4v) is 5.05. The van der Waals surface area contributed by atoms with Gasteiger partial charge in [0, 0.05) is 28.0 Å². The summed E-state index contributed by atoms with van der Waals surface area (Å²) in [6.45, 7) is 2.81. The number of hydrogen-bond donors (Lipinski definition) is 1. The lowest BCUT2D eigenvalue weighted by Crippen LogP contribution is -1.95. The van der Waals surface area contributed by atoms with Crippen molar-refractivity contribution in [2.75, 3.05) is 0 Å². The number of hydrogen-bond acceptors (Lipinski definition) is 3. The van der Waals surface area contributed by atoms with Crippen LogP contribution in [0.5, 0.6) is 0 Å². The number of aromatic carboxylic acids is 1. The first kappa shape index (κ1) is 19.1. The van der Waals surface area contributed by atoms with Crippen molar-refractivity contribution in [1.29, 1.82) is 0 Å². The summed E-state index contributed by atoms with van der Waals surface area (Å²) in [6, 6.07) is 12.7. The Labute approximate surface area is 179 Å². The summed E-state index contributed by atoms with van der Waals surface area (Å²) < 4.78 is 4.79. The first-order valence-corrected chi connectivity index (χ1v) is 10.5. The van der Waals surface area contributed by atoms with Crippen LogP contribution in [0.4, 0.5) is 0 Å². The van der Waals surface area contributed by atoms with E-state index in [0.29, 0.717) is 5.02 Å². The molecule has 0 unspecified atom stereocenters. The standard InChI is InChI=1S/C20H15BrClN3O2S/c1-2-24-11-14(10-23-24)25-17-9-13(22)6-7-16(17)18(19(25)21)28-15-5-3-4-12(8-15)20(26)27/h3-11H,2H2,1H3,(H,26,27). The van der Waals surface area contributed by atoms with Gasteiger partial charge in [-0.1, -0.05) is 35.5 Å². The highest BCUT2D eigenvalue weighted by atomic mass is 79.9. The first-order chi connectivity index (χ1) is 13.5. The van der Waals surface area contributed by atoms with E-state index in [4.69, 9.17) is 11.6 Å². The Morgan fingerprint density at radius 3 is 2.82 bits per heavy atom. The van der Waals surface area contributed by atoms with Crippen molar-refractivity contribution in [3.63, 3.8) is 0 Å². The Balaban J connectivity index is 1.88. The summed E-state index contributed by atoms with van der Waals surface area (Å²) in [5.41, 5.74) is 2.14. The predicted molar refractivity (Wildman–Crippen MR) is 115 cm³/mol. The van der Waals surface area contributed by atoms with Crippen LogP contribution < -0.4 is 0 Å². The van der Waals surface area contributed by atoms with E-state index in [0.717, 1.165) is 37.5 Å². The minimum Gasteiger partial charge on any atom is -0.478 e. The van der Waals surface area contributed by atoms with E-state index < -0.39 is 5.97 Å². The number of aromatic nitrogens is 3. The summed E-state index contributed by atoms with van der Waals surface area (Å²) in [6.07, 6.45) is 3.79. The molecule has 0 saturated heterocycles. The second kappa shape index (κ2) is 7.66. The van der Waals surface area contributed by atoms with Crippen LogP contribution in [0.1, 0.15) is 17.3 Å². The quantitative estimate of drug-likeness (QED) is 0.377. The number of fused-ring (bicyclic) bond motifs is 1. The molecule has 0 bridgehead atoms. The number of carbonyl (C=O) groups is 1. The average molecular weight is 477 g/mol. The number of aryl methyl sites for hydroxylation is 1. The van der Waals surface area contributed by atoms with Gasteiger partial charge in [0.05, 0.1) is 27.9 Å². The Kier molecular flexibility index (Phi) is 5.23. The molecule has 2 aromatic carbocycles. The van der Waals surface area contributed by atoms with Crippen molar-refractivity contribution in [3.8, 4) is 5.69 Å². The molecular formula is C20H15BrClN3O2S. The number of benzene rings is 2. The molecule has 0 saturated carbocycles. The number of halogens is 2. The van der Waals surface area contributed by atoms with Gasteiger partial charge >= 0.3 is 5.97 Å². The Morgan fingerprint density at radius 1 is 1.29 bits per heavy atom. The van der Waals surface area contributed by atoms with Crippen molar-refractivity contribution in [2.24, 2.45) is 0 Å². The maximum Gasteiger partial charge on any atom is 0.335 e. The van der Waals surface area contributed by atoms with E-state index in [1.807, 2.05) is 48.3 Å². The zero-order valence-electron chi connectivity index (χ0n) is 14.8. The third-order valence-corrected chi connectivity index (χ3v) is 6.69. The molecule has 0 aliphatic heterocycles. The van der Waals surface area contributed by atoms with Gasteiger partial charge in [-0.3, -0.25) is 9.25 Å². The number of nitrogens with zero attached hydrogens (tertiary/aromatic N) is 3. The molecule has 0 amide bonds. The lowest BCUT2D eigenvalue weighted by molar-refractivity contribution is 0.0696. The van der Waals surface area contributed by atoms with Gasteiger partial charge in [-0.05, 0) is 53.2 Å². The Bertz CT molecular complexity index is 1200. The highest BCUT2D eigenvalue weighted by Gasteiger charge is 2.19. The molecule has 4 aromatic rings. The Hall–Kier alpha value is -2.22. The molecule has 28 heavy (non-hydrogen) atoms. The molecule has 2 heterocycles. The third-order valence-electron chi connectivity index (χ3n) is 4.33. The van der Waals surface area contributed by atoms with Crippen LogP contribution in [0, 0.1) is 0 Å². The van der Waals surface area contributed by atoms with Crippen LogP contribution in [0.2, 0.25) is 5.02 Å². The van der Waals surface area contributed by atoms with E-state index in [-0.39, 0.29) is 5.56 Å². The molecule has 0 fully saturated rings. The van der Waals surface area contributed by atoms with Crippen LogP contribution in [-0.2, 0) is 6.54 Å². The van der Waals surface area contributed by atoms with Crippen LogP contribution in [0.3, 0.4) is 0 Å². The second-order valence-corrected chi connectivity index (χ2v) is 8.38. The molecule has 5 nitrogen and oxygen atoms in total. The van der Waals surface area contributed by atoms with E-state index in [2.05, 4.69) is 25.6 Å². The molecule has 0 atom stereocenters. The van der Waals surface area contributed by atoms with Crippen molar-refractivity contribution in [3.05, 3.63) is 70.0 Å². The van der Waals surface area contributed by atoms with Gasteiger partial charge in [0.15, 0.2) is 0 Å². The first-order valence-electron chi connectivity index (χ1n) is 8.51. The minimum absolute atomic E-state index is 0.261. The fourth-order valence-electron chi connectivity index (χ4n) is 3.00. The van der Waals surface area contributed by atoms with Gasteiger partial charge < -0.3 is 5.11 Å². The average Bonchev–Trinajstić information content (AvgIpc) is 3.25. The van der Waals surface area contributed by atoms with Gasteiger partial charge in [-0.2, -0.15) is 5.10 Å². The number of carboxylic acid groups (broad SMARTS) is 1. The number of rotatable bonds is 5. The van der Waals surface area contributed by atoms with E-state index >= 15 is 0 Å². The maximum atomic E-state index is 11.3. The largest absolute Gasteiger partial charge is 0.478 e. The number of carboxylic acids is 1. The van der Waals surface area contributed by atoms with Crippen LogP contribution in [-0.4, -0.2) is 25.4 Å². The maximum absolute atomic E-state index is 11.3. The molecule has 2 aromatic heterocycles. The molecular weight excluding hydrogens is 462 g/mol. The zero-order valence-corrected chi connectivity index (χ0v) is 17.9. The summed E-state index contributed by atoms with van der Waals surface area (Å²) in [4.78, 5) is 13.1. The highest BCUT2D eigenvalue weighted by molar-refractivity contribution is 9.10. The predicted octanol–water partition coefficient (Wildman–Crippen LogP) is 6.11. The molecule has 142 valence electrons. The molecule has 0 spiro atoms. The molecule has 0 aliphatic rings. The van der Waals surface area contributed by atoms with Gasteiger partial charge in [-0.25, -0.2) is 4.79 Å². The molecule has 0 radical (unpaired) electrons. The van der Waals surface area contributed by atoms with Crippen molar-refractivity contribution >= 4 is 56.2 Å². The molecule has 4 rings (SSSR count). The summed E-state index contributed by atoms with van der Waals surface area (Å²) in [7, 11) is 0. The molecule has 0 aliphatic carbocycles. The van der Waals surface area contributed by atoms with Crippen LogP contribution in [0.25, 0.3) is 16.6 Å². The SMILES string of the molecule is CCn1cc(-n2c(Br)c(Sc3cccc(C(=O)O)c3)c3ccc(Cl)cc32)cn1. The fraction of sp³-hybridized carbons (Fsp3) is 0.100. The molecule has 1 N–H and O–H groups in total.